The molecule has 17 heavy (non-hydrogen) atoms. The fourth-order valence-corrected chi connectivity index (χ4v) is 2.60. The van der Waals surface area contributed by atoms with Gasteiger partial charge in [-0.2, -0.15) is 0 Å². The lowest BCUT2D eigenvalue weighted by Crippen LogP contribution is -2.23. The van der Waals surface area contributed by atoms with E-state index in [1.807, 2.05) is 0 Å². The minimum atomic E-state index is 0.516. The topological polar surface area (TPSA) is 17.0 Å². The van der Waals surface area contributed by atoms with Crippen molar-refractivity contribution in [2.24, 2.45) is 0 Å². The molecule has 1 aromatic carbocycles. The van der Waals surface area contributed by atoms with Gasteiger partial charge in [0.2, 0.25) is 0 Å². The summed E-state index contributed by atoms with van der Waals surface area (Å²) in [6, 6.07) is 9.17. The van der Waals surface area contributed by atoms with E-state index in [1.165, 1.54) is 21.1 Å². The van der Waals surface area contributed by atoms with E-state index in [-0.39, 0.29) is 0 Å². The third-order valence-corrected chi connectivity index (χ3v) is 3.68. The number of aromatic nitrogens is 1. The third-order valence-electron chi connectivity index (χ3n) is 2.99. The van der Waals surface area contributed by atoms with E-state index in [4.69, 9.17) is 0 Å². The Morgan fingerprint density at radius 2 is 2.12 bits per heavy atom. The van der Waals surface area contributed by atoms with Gasteiger partial charge in [0.15, 0.2) is 0 Å². The normalized spacial score (nSPS) is 11.6. The predicted molar refractivity (Wildman–Crippen MR) is 77.3 cm³/mol. The number of nitrogens with one attached hydrogen (secondary N) is 1. The molecule has 0 amide bonds. The Hall–Kier alpha value is -0.800. The minimum Gasteiger partial charge on any atom is -0.344 e. The Labute approximate surface area is 111 Å². The lowest BCUT2D eigenvalue weighted by molar-refractivity contribution is 0.564. The van der Waals surface area contributed by atoms with E-state index < -0.39 is 0 Å². The minimum absolute atomic E-state index is 0.516. The maximum Gasteiger partial charge on any atom is 0.0494 e. The van der Waals surface area contributed by atoms with Crippen molar-refractivity contribution in [3.63, 3.8) is 0 Å². The molecule has 0 bridgehead atoms. The second kappa shape index (κ2) is 5.23. The van der Waals surface area contributed by atoms with Gasteiger partial charge >= 0.3 is 0 Å². The van der Waals surface area contributed by atoms with Crippen LogP contribution in [-0.2, 0) is 13.1 Å². The molecule has 0 atom stereocenters. The lowest BCUT2D eigenvalue weighted by atomic mass is 10.2. The Morgan fingerprint density at radius 1 is 1.35 bits per heavy atom. The largest absolute Gasteiger partial charge is 0.344 e. The fourth-order valence-electron chi connectivity index (χ4n) is 2.13. The first kappa shape index (κ1) is 12.7. The van der Waals surface area contributed by atoms with E-state index in [0.29, 0.717) is 6.04 Å². The van der Waals surface area contributed by atoms with Crippen molar-refractivity contribution in [2.75, 3.05) is 0 Å². The summed E-state index contributed by atoms with van der Waals surface area (Å²) in [7, 11) is 0. The second-order valence-corrected chi connectivity index (χ2v) is 5.44. The first-order chi connectivity index (χ1) is 8.13. The van der Waals surface area contributed by atoms with E-state index >= 15 is 0 Å². The molecule has 1 aromatic heterocycles. The molecule has 1 N–H and O–H groups in total. The highest BCUT2D eigenvalue weighted by Crippen LogP contribution is 2.27. The molecule has 0 aliphatic rings. The zero-order chi connectivity index (χ0) is 12.4. The predicted octanol–water partition coefficient (Wildman–Crippen LogP) is 3.92. The van der Waals surface area contributed by atoms with Gasteiger partial charge in [-0.1, -0.05) is 35.8 Å². The number of fused-ring (bicyclic) bond motifs is 1. The van der Waals surface area contributed by atoms with Crippen LogP contribution in [-0.4, -0.2) is 10.6 Å². The summed E-state index contributed by atoms with van der Waals surface area (Å²) in [4.78, 5) is 0. The molecular weight excluding hydrogens is 276 g/mol. The quantitative estimate of drug-likeness (QED) is 0.904. The maximum atomic E-state index is 3.62. The zero-order valence-corrected chi connectivity index (χ0v) is 12.2. The van der Waals surface area contributed by atoms with Gasteiger partial charge in [-0.15, -0.1) is 0 Å². The molecule has 2 aromatic rings. The summed E-state index contributed by atoms with van der Waals surface area (Å²) in [5, 5.41) is 4.78. The molecule has 92 valence electrons. The number of nitrogens with zero attached hydrogens (tertiary/aromatic N) is 1. The molecule has 0 fully saturated rings. The highest BCUT2D eigenvalue weighted by Gasteiger charge is 2.09. The smallest absolute Gasteiger partial charge is 0.0494 e. The SMILES string of the molecule is CCn1c(CNC(C)C)cc2c(Br)cccc21. The summed E-state index contributed by atoms with van der Waals surface area (Å²) in [6.45, 7) is 8.48. The van der Waals surface area contributed by atoms with Gasteiger partial charge in [0.05, 0.1) is 0 Å². The van der Waals surface area contributed by atoms with Gasteiger partial charge in [0.1, 0.15) is 0 Å². The summed E-state index contributed by atoms with van der Waals surface area (Å²) in [5.41, 5.74) is 2.66. The molecule has 2 rings (SSSR count). The summed E-state index contributed by atoms with van der Waals surface area (Å²) in [6.07, 6.45) is 0. The molecule has 0 radical (unpaired) electrons. The lowest BCUT2D eigenvalue weighted by Gasteiger charge is -2.11. The van der Waals surface area contributed by atoms with Crippen molar-refractivity contribution in [1.29, 1.82) is 0 Å². The molecule has 0 spiro atoms. The Morgan fingerprint density at radius 3 is 2.76 bits per heavy atom. The van der Waals surface area contributed by atoms with Crippen molar-refractivity contribution in [2.45, 2.75) is 39.9 Å². The number of rotatable bonds is 4. The molecule has 0 aliphatic carbocycles. The van der Waals surface area contributed by atoms with E-state index in [1.54, 1.807) is 0 Å². The fraction of sp³-hybridized carbons (Fsp3) is 0.429. The summed E-state index contributed by atoms with van der Waals surface area (Å²) >= 11 is 3.62. The van der Waals surface area contributed by atoms with Crippen LogP contribution in [0.15, 0.2) is 28.7 Å². The molecule has 0 unspecified atom stereocenters. The molecule has 2 nitrogen and oxygen atoms in total. The summed E-state index contributed by atoms with van der Waals surface area (Å²) in [5.74, 6) is 0. The second-order valence-electron chi connectivity index (χ2n) is 4.59. The first-order valence-electron chi connectivity index (χ1n) is 6.13. The molecular formula is C14H19BrN2. The van der Waals surface area contributed by atoms with Crippen LogP contribution in [0.25, 0.3) is 10.9 Å². The molecule has 0 saturated carbocycles. The van der Waals surface area contributed by atoms with Crippen LogP contribution in [0.3, 0.4) is 0 Å². The monoisotopic (exact) mass is 294 g/mol. The number of hydrogen-bond donors (Lipinski definition) is 1. The number of hydrogen-bond acceptors (Lipinski definition) is 1. The van der Waals surface area contributed by atoms with Crippen molar-refractivity contribution < 1.29 is 0 Å². The van der Waals surface area contributed by atoms with E-state index in [0.717, 1.165) is 13.1 Å². The number of aryl methyl sites for hydroxylation is 1. The molecule has 0 saturated heterocycles. The first-order valence-corrected chi connectivity index (χ1v) is 6.92. The van der Waals surface area contributed by atoms with Gasteiger partial charge in [-0.25, -0.2) is 0 Å². The highest BCUT2D eigenvalue weighted by atomic mass is 79.9. The molecule has 0 aliphatic heterocycles. The van der Waals surface area contributed by atoms with Crippen LogP contribution in [0.1, 0.15) is 26.5 Å². The van der Waals surface area contributed by atoms with Crippen molar-refractivity contribution in [3.8, 4) is 0 Å². The Kier molecular flexibility index (Phi) is 3.89. The van der Waals surface area contributed by atoms with Crippen molar-refractivity contribution >= 4 is 26.8 Å². The standard InChI is InChI=1S/C14H19BrN2/c1-4-17-11(9-16-10(2)3)8-12-13(15)6-5-7-14(12)17/h5-8,10,16H,4,9H2,1-3H3. The van der Waals surface area contributed by atoms with Crippen LogP contribution in [0.2, 0.25) is 0 Å². The van der Waals surface area contributed by atoms with Crippen LogP contribution in [0, 0.1) is 0 Å². The van der Waals surface area contributed by atoms with Crippen LogP contribution >= 0.6 is 15.9 Å². The van der Waals surface area contributed by atoms with Gasteiger partial charge in [-0.3, -0.25) is 0 Å². The molecule has 1 heterocycles. The Bertz CT molecular complexity index is 514. The van der Waals surface area contributed by atoms with Gasteiger partial charge in [0.25, 0.3) is 0 Å². The molecule has 3 heteroatoms. The van der Waals surface area contributed by atoms with Crippen LogP contribution in [0.5, 0.6) is 0 Å². The zero-order valence-electron chi connectivity index (χ0n) is 10.6. The maximum absolute atomic E-state index is 3.62. The van der Waals surface area contributed by atoms with Crippen LogP contribution in [0.4, 0.5) is 0 Å². The third kappa shape index (κ3) is 2.55. The van der Waals surface area contributed by atoms with Gasteiger partial charge in [-0.05, 0) is 25.1 Å². The van der Waals surface area contributed by atoms with E-state index in [9.17, 15) is 0 Å². The van der Waals surface area contributed by atoms with Crippen LogP contribution < -0.4 is 5.32 Å². The van der Waals surface area contributed by atoms with Gasteiger partial charge in [0, 0.05) is 40.2 Å². The van der Waals surface area contributed by atoms with Gasteiger partial charge < -0.3 is 9.88 Å². The average molecular weight is 295 g/mol. The summed E-state index contributed by atoms with van der Waals surface area (Å²) < 4.78 is 3.54. The van der Waals surface area contributed by atoms with Crippen molar-refractivity contribution in [3.05, 3.63) is 34.4 Å². The number of halogens is 1. The number of benzene rings is 1. The van der Waals surface area contributed by atoms with E-state index in [2.05, 4.69) is 70.9 Å². The van der Waals surface area contributed by atoms with Crippen molar-refractivity contribution in [1.82, 2.24) is 9.88 Å². The average Bonchev–Trinajstić information content (AvgIpc) is 2.65. The Balaban J connectivity index is 2.44. The highest BCUT2D eigenvalue weighted by molar-refractivity contribution is 9.10.